The molecule has 2 aromatic carbocycles. The molecule has 2 aromatic heterocycles. The van der Waals surface area contributed by atoms with Crippen LogP contribution in [0.2, 0.25) is 0 Å². The van der Waals surface area contributed by atoms with Crippen molar-refractivity contribution in [2.75, 3.05) is 18.6 Å². The van der Waals surface area contributed by atoms with Gasteiger partial charge in [0.05, 0.1) is 18.8 Å². The molecule has 1 unspecified atom stereocenters. The average molecular weight is 528 g/mol. The van der Waals surface area contributed by atoms with Crippen LogP contribution in [0.15, 0.2) is 48.5 Å². The maximum Gasteiger partial charge on any atom is 0.291 e. The number of carbonyl (C=O) groups is 2. The topological polar surface area (TPSA) is 143 Å². The molecule has 0 saturated carbocycles. The highest BCUT2D eigenvalue weighted by Gasteiger charge is 2.32. The summed E-state index contributed by atoms with van der Waals surface area (Å²) in [5, 5.41) is 17.6. The molecular formula is C27H29N9O3. The number of ether oxygens (including phenoxy) is 1. The molecule has 2 aliphatic rings. The fourth-order valence-electron chi connectivity index (χ4n) is 4.97. The Kier molecular flexibility index (Phi) is 6.53. The number of anilines is 1. The van der Waals surface area contributed by atoms with Crippen molar-refractivity contribution in [2.24, 2.45) is 0 Å². The van der Waals surface area contributed by atoms with E-state index in [2.05, 4.69) is 35.9 Å². The molecule has 12 nitrogen and oxygen atoms in total. The van der Waals surface area contributed by atoms with Gasteiger partial charge in [0.1, 0.15) is 35.9 Å². The molecule has 4 heterocycles. The predicted molar refractivity (Wildman–Crippen MR) is 141 cm³/mol. The van der Waals surface area contributed by atoms with Gasteiger partial charge < -0.3 is 20.3 Å². The van der Waals surface area contributed by atoms with Crippen molar-refractivity contribution in [1.29, 1.82) is 0 Å². The minimum atomic E-state index is -0.886. The quantitative estimate of drug-likeness (QED) is 0.339. The Morgan fingerprint density at radius 3 is 2.85 bits per heavy atom. The van der Waals surface area contributed by atoms with E-state index in [-0.39, 0.29) is 24.4 Å². The van der Waals surface area contributed by atoms with Gasteiger partial charge in [0, 0.05) is 19.5 Å². The lowest BCUT2D eigenvalue weighted by Crippen LogP contribution is -2.49. The number of benzene rings is 2. The lowest BCUT2D eigenvalue weighted by Gasteiger charge is -2.25. The molecule has 2 atom stereocenters. The number of carbonyl (C=O) groups excluding carboxylic acids is 2. The first kappa shape index (κ1) is 24.7. The Hall–Kier alpha value is -4.58. The van der Waals surface area contributed by atoms with Crippen molar-refractivity contribution < 1.29 is 14.3 Å². The number of aromatic amines is 1. The Morgan fingerprint density at radius 2 is 2.00 bits per heavy atom. The molecule has 0 saturated heterocycles. The van der Waals surface area contributed by atoms with Gasteiger partial charge in [-0.05, 0) is 36.6 Å². The Labute approximate surface area is 224 Å². The second kappa shape index (κ2) is 10.3. The summed E-state index contributed by atoms with van der Waals surface area (Å²) in [6, 6.07) is 14.9. The number of aryl methyl sites for hydroxylation is 1. The van der Waals surface area contributed by atoms with E-state index in [1.807, 2.05) is 60.1 Å². The van der Waals surface area contributed by atoms with Gasteiger partial charge in [-0.25, -0.2) is 14.6 Å². The summed E-state index contributed by atoms with van der Waals surface area (Å²) in [5.41, 5.74) is 2.76. The van der Waals surface area contributed by atoms with E-state index < -0.39 is 11.9 Å². The van der Waals surface area contributed by atoms with E-state index in [1.54, 1.807) is 7.05 Å². The maximum absolute atomic E-state index is 13.3. The number of amides is 2. The Balaban J connectivity index is 1.11. The summed E-state index contributed by atoms with van der Waals surface area (Å²) in [6.45, 7) is 3.28. The van der Waals surface area contributed by atoms with Crippen molar-refractivity contribution in [1.82, 2.24) is 40.6 Å². The maximum atomic E-state index is 13.3. The zero-order valence-electron chi connectivity index (χ0n) is 21.7. The molecular weight excluding hydrogens is 498 g/mol. The third-order valence-electron chi connectivity index (χ3n) is 6.95. The average Bonchev–Trinajstić information content (AvgIpc) is 3.54. The second-order valence-electron chi connectivity index (χ2n) is 9.84. The molecule has 200 valence electrons. The number of nitrogens with one attached hydrogen (secondary N) is 3. The number of fused-ring (bicyclic) bond motifs is 2. The summed E-state index contributed by atoms with van der Waals surface area (Å²) in [5.74, 6) is 2.01. The zero-order valence-corrected chi connectivity index (χ0v) is 21.7. The fraction of sp³-hybridized carbons (Fsp3) is 0.333. The smallest absolute Gasteiger partial charge is 0.291 e. The monoisotopic (exact) mass is 527 g/mol. The van der Waals surface area contributed by atoms with Crippen LogP contribution < -0.4 is 20.3 Å². The first-order valence-corrected chi connectivity index (χ1v) is 12.9. The molecule has 2 amide bonds. The fourth-order valence-corrected chi connectivity index (χ4v) is 4.97. The van der Waals surface area contributed by atoms with Gasteiger partial charge in [-0.15, -0.1) is 5.10 Å². The molecule has 12 heteroatoms. The Morgan fingerprint density at radius 1 is 1.15 bits per heavy atom. The summed E-state index contributed by atoms with van der Waals surface area (Å²) in [4.78, 5) is 36.5. The van der Waals surface area contributed by atoms with Gasteiger partial charge in [0.2, 0.25) is 5.82 Å². The SMILES string of the molecule is Cc1nc2n(n1)CC(Cc1ccc3c(c1)N(C)C(=O)[C@H](NC(=O)c1n[nH]c(Cc4ccccc4)n1)CO3)NC2. The van der Waals surface area contributed by atoms with E-state index in [4.69, 9.17) is 4.74 Å². The number of hydrogen-bond donors (Lipinski definition) is 3. The van der Waals surface area contributed by atoms with Crippen LogP contribution in [-0.2, 0) is 30.7 Å². The minimum Gasteiger partial charge on any atom is -0.489 e. The van der Waals surface area contributed by atoms with Gasteiger partial charge in [-0.2, -0.15) is 5.10 Å². The summed E-state index contributed by atoms with van der Waals surface area (Å²) in [7, 11) is 1.69. The first-order chi connectivity index (χ1) is 18.9. The number of aromatic nitrogens is 6. The second-order valence-corrected chi connectivity index (χ2v) is 9.84. The van der Waals surface area contributed by atoms with Gasteiger partial charge >= 0.3 is 0 Å². The van der Waals surface area contributed by atoms with Crippen molar-refractivity contribution in [3.05, 3.63) is 83.0 Å². The third-order valence-corrected chi connectivity index (χ3v) is 6.95. The number of rotatable bonds is 6. The highest BCUT2D eigenvalue weighted by molar-refractivity contribution is 6.02. The van der Waals surface area contributed by atoms with Crippen LogP contribution in [0.1, 0.15) is 39.2 Å². The van der Waals surface area contributed by atoms with E-state index in [1.165, 1.54) is 4.90 Å². The van der Waals surface area contributed by atoms with E-state index in [9.17, 15) is 9.59 Å². The van der Waals surface area contributed by atoms with Crippen LogP contribution in [0.25, 0.3) is 0 Å². The van der Waals surface area contributed by atoms with Gasteiger partial charge in [0.25, 0.3) is 11.8 Å². The van der Waals surface area contributed by atoms with Crippen LogP contribution >= 0.6 is 0 Å². The van der Waals surface area contributed by atoms with E-state index >= 15 is 0 Å². The van der Waals surface area contributed by atoms with Gasteiger partial charge in [0.15, 0.2) is 0 Å². The predicted octanol–water partition coefficient (Wildman–Crippen LogP) is 1.16. The van der Waals surface area contributed by atoms with Crippen molar-refractivity contribution >= 4 is 17.5 Å². The molecule has 3 N–H and O–H groups in total. The van der Waals surface area contributed by atoms with E-state index in [0.29, 0.717) is 30.2 Å². The lowest BCUT2D eigenvalue weighted by atomic mass is 10.0. The molecule has 0 radical (unpaired) electrons. The number of nitrogens with zero attached hydrogens (tertiary/aromatic N) is 6. The number of H-pyrrole nitrogens is 1. The van der Waals surface area contributed by atoms with Crippen LogP contribution in [0.4, 0.5) is 5.69 Å². The highest BCUT2D eigenvalue weighted by atomic mass is 16.5. The minimum absolute atomic E-state index is 0.00115. The van der Waals surface area contributed by atoms with E-state index in [0.717, 1.165) is 35.7 Å². The van der Waals surface area contributed by atoms with Crippen LogP contribution in [0, 0.1) is 6.92 Å². The van der Waals surface area contributed by atoms with Crippen LogP contribution in [0.5, 0.6) is 5.75 Å². The normalized spacial score (nSPS) is 18.6. The van der Waals surface area contributed by atoms with Gasteiger partial charge in [-0.3, -0.25) is 14.7 Å². The first-order valence-electron chi connectivity index (χ1n) is 12.9. The summed E-state index contributed by atoms with van der Waals surface area (Å²) >= 11 is 0. The molecule has 0 fully saturated rings. The molecule has 0 aliphatic carbocycles. The molecule has 0 spiro atoms. The molecule has 2 aliphatic heterocycles. The van der Waals surface area contributed by atoms with Crippen LogP contribution in [-0.4, -0.2) is 67.5 Å². The summed E-state index contributed by atoms with van der Waals surface area (Å²) in [6.07, 6.45) is 1.27. The molecule has 4 aromatic rings. The summed E-state index contributed by atoms with van der Waals surface area (Å²) < 4.78 is 7.90. The molecule has 39 heavy (non-hydrogen) atoms. The Bertz CT molecular complexity index is 1510. The van der Waals surface area contributed by atoms with Crippen LogP contribution in [0.3, 0.4) is 0 Å². The standard InChI is InChI=1S/C27H29N9O3/c1-16-29-24-13-28-19(14-36(24)34-16)10-18-8-9-22-21(11-18)35(2)27(38)20(15-39-22)30-26(37)25-31-23(32-33-25)12-17-6-4-3-5-7-17/h3-9,11,19-20,28H,10,12-15H2,1-2H3,(H,30,37)(H,31,32,33)/t19?,20-/m1/s1. The largest absolute Gasteiger partial charge is 0.489 e. The van der Waals surface area contributed by atoms with Crippen molar-refractivity contribution in [3.63, 3.8) is 0 Å². The highest BCUT2D eigenvalue weighted by Crippen LogP contribution is 2.32. The van der Waals surface area contributed by atoms with Crippen molar-refractivity contribution in [3.8, 4) is 5.75 Å². The van der Waals surface area contributed by atoms with Crippen molar-refractivity contribution in [2.45, 2.75) is 44.9 Å². The third kappa shape index (κ3) is 5.23. The molecule has 0 bridgehead atoms. The lowest BCUT2D eigenvalue weighted by molar-refractivity contribution is -0.120. The van der Waals surface area contributed by atoms with Gasteiger partial charge in [-0.1, -0.05) is 36.4 Å². The zero-order chi connectivity index (χ0) is 26.9. The number of hydrogen-bond acceptors (Lipinski definition) is 8. The molecule has 6 rings (SSSR count). The number of likely N-dealkylation sites (N-methyl/N-ethyl adjacent to an activating group) is 1.